The first kappa shape index (κ1) is 15.6. The van der Waals surface area contributed by atoms with Crippen molar-refractivity contribution in [3.8, 4) is 0 Å². The summed E-state index contributed by atoms with van der Waals surface area (Å²) in [6.45, 7) is 8.87. The van der Waals surface area contributed by atoms with Crippen LogP contribution in [0.4, 0.5) is 5.69 Å². The summed E-state index contributed by atoms with van der Waals surface area (Å²) in [6, 6.07) is 6.40. The Balaban J connectivity index is 1.90. The van der Waals surface area contributed by atoms with Crippen molar-refractivity contribution in [3.63, 3.8) is 0 Å². The lowest BCUT2D eigenvalue weighted by molar-refractivity contribution is 0.254. The predicted octanol–water partition coefficient (Wildman–Crippen LogP) is 2.63. The second kappa shape index (κ2) is 7.87. The fourth-order valence-electron chi connectivity index (χ4n) is 2.78. The van der Waals surface area contributed by atoms with Gasteiger partial charge in [-0.25, -0.2) is 0 Å². The van der Waals surface area contributed by atoms with E-state index in [1.807, 2.05) is 7.05 Å². The number of hydrogen-bond donors (Lipinski definition) is 1. The molecule has 0 aromatic heterocycles. The number of hydrogen-bond acceptors (Lipinski definition) is 3. The van der Waals surface area contributed by atoms with E-state index in [-0.39, 0.29) is 0 Å². The van der Waals surface area contributed by atoms with Gasteiger partial charge in [0, 0.05) is 26.2 Å². The Morgan fingerprint density at radius 1 is 1.20 bits per heavy atom. The molecule has 1 aliphatic heterocycles. The molecule has 4 heteroatoms. The Kier molecular flexibility index (Phi) is 6.14. The molecule has 1 N–H and O–H groups in total. The summed E-state index contributed by atoms with van der Waals surface area (Å²) in [5, 5.41) is 4.15. The van der Waals surface area contributed by atoms with Gasteiger partial charge in [0.25, 0.3) is 0 Å². The van der Waals surface area contributed by atoms with Gasteiger partial charge in [-0.05, 0) is 44.6 Å². The third-order valence-corrected chi connectivity index (χ3v) is 4.49. The molecule has 0 amide bonds. The highest BCUT2D eigenvalue weighted by atomic mass is 35.5. The maximum atomic E-state index is 6.52. The molecular formula is C16H26ClN3. The molecular weight excluding hydrogens is 270 g/mol. The summed E-state index contributed by atoms with van der Waals surface area (Å²) >= 11 is 6.52. The number of rotatable bonds is 6. The monoisotopic (exact) mass is 295 g/mol. The van der Waals surface area contributed by atoms with Crippen LogP contribution in [0.15, 0.2) is 18.2 Å². The van der Waals surface area contributed by atoms with Gasteiger partial charge < -0.3 is 10.2 Å². The summed E-state index contributed by atoms with van der Waals surface area (Å²) < 4.78 is 0. The molecule has 1 saturated heterocycles. The molecule has 20 heavy (non-hydrogen) atoms. The summed E-state index contributed by atoms with van der Waals surface area (Å²) in [7, 11) is 2.01. The number of benzene rings is 1. The van der Waals surface area contributed by atoms with Gasteiger partial charge in [-0.2, -0.15) is 0 Å². The molecule has 1 heterocycles. The summed E-state index contributed by atoms with van der Waals surface area (Å²) in [5.74, 6) is 0. The zero-order valence-corrected chi connectivity index (χ0v) is 13.4. The fraction of sp³-hybridized carbons (Fsp3) is 0.625. The van der Waals surface area contributed by atoms with Gasteiger partial charge in [0.1, 0.15) is 0 Å². The Morgan fingerprint density at radius 3 is 2.60 bits per heavy atom. The standard InChI is InChI=1S/C16H26ClN3/c1-3-14-6-4-7-15(16(14)17)20-12-10-19(11-13-20)9-5-8-18-2/h4,6-7,18H,3,5,8-13H2,1-2H3. The van der Waals surface area contributed by atoms with Crippen molar-refractivity contribution >= 4 is 17.3 Å². The maximum Gasteiger partial charge on any atom is 0.0671 e. The third-order valence-electron chi connectivity index (χ3n) is 4.05. The Bertz CT molecular complexity index is 414. The lowest BCUT2D eigenvalue weighted by Gasteiger charge is -2.36. The zero-order valence-electron chi connectivity index (χ0n) is 12.7. The van der Waals surface area contributed by atoms with Gasteiger partial charge in [-0.3, -0.25) is 4.90 Å². The normalized spacial score (nSPS) is 16.6. The van der Waals surface area contributed by atoms with Crippen LogP contribution in [0.2, 0.25) is 5.02 Å². The summed E-state index contributed by atoms with van der Waals surface area (Å²) in [4.78, 5) is 4.97. The lowest BCUT2D eigenvalue weighted by atomic mass is 10.1. The van der Waals surface area contributed by atoms with E-state index in [0.29, 0.717) is 0 Å². The fourth-order valence-corrected chi connectivity index (χ4v) is 3.15. The minimum atomic E-state index is 0.943. The number of halogens is 1. The first-order valence-electron chi connectivity index (χ1n) is 7.65. The van der Waals surface area contributed by atoms with E-state index in [9.17, 15) is 0 Å². The molecule has 0 saturated carbocycles. The molecule has 3 nitrogen and oxygen atoms in total. The van der Waals surface area contributed by atoms with Crippen LogP contribution in [0.25, 0.3) is 0 Å². The van der Waals surface area contributed by atoms with Crippen LogP contribution in [0.5, 0.6) is 0 Å². The Morgan fingerprint density at radius 2 is 1.95 bits per heavy atom. The number of piperazine rings is 1. The minimum Gasteiger partial charge on any atom is -0.368 e. The number of anilines is 1. The van der Waals surface area contributed by atoms with Crippen LogP contribution in [0.1, 0.15) is 18.9 Å². The largest absolute Gasteiger partial charge is 0.368 e. The Hall–Kier alpha value is -0.770. The van der Waals surface area contributed by atoms with Crippen molar-refractivity contribution in [2.24, 2.45) is 0 Å². The molecule has 0 atom stereocenters. The molecule has 1 fully saturated rings. The van der Waals surface area contributed by atoms with E-state index in [0.717, 1.165) is 44.2 Å². The molecule has 0 unspecified atom stereocenters. The van der Waals surface area contributed by atoms with Crippen molar-refractivity contribution < 1.29 is 0 Å². The molecule has 1 aromatic carbocycles. The molecule has 1 aliphatic rings. The molecule has 112 valence electrons. The topological polar surface area (TPSA) is 18.5 Å². The van der Waals surface area contributed by atoms with E-state index < -0.39 is 0 Å². The van der Waals surface area contributed by atoms with Crippen LogP contribution in [-0.2, 0) is 6.42 Å². The van der Waals surface area contributed by atoms with E-state index in [1.54, 1.807) is 0 Å². The first-order valence-corrected chi connectivity index (χ1v) is 8.03. The van der Waals surface area contributed by atoms with Crippen molar-refractivity contribution in [1.82, 2.24) is 10.2 Å². The highest BCUT2D eigenvalue weighted by Crippen LogP contribution is 2.30. The third kappa shape index (κ3) is 3.87. The van der Waals surface area contributed by atoms with Gasteiger partial charge in [-0.15, -0.1) is 0 Å². The molecule has 0 spiro atoms. The van der Waals surface area contributed by atoms with Gasteiger partial charge in [0.05, 0.1) is 10.7 Å². The summed E-state index contributed by atoms with van der Waals surface area (Å²) in [5.41, 5.74) is 2.46. The number of nitrogens with zero attached hydrogens (tertiary/aromatic N) is 2. The van der Waals surface area contributed by atoms with Crippen molar-refractivity contribution in [3.05, 3.63) is 28.8 Å². The van der Waals surface area contributed by atoms with Crippen LogP contribution >= 0.6 is 11.6 Å². The molecule has 1 aromatic rings. The second-order valence-electron chi connectivity index (χ2n) is 5.39. The average molecular weight is 296 g/mol. The second-order valence-corrected chi connectivity index (χ2v) is 5.77. The molecule has 0 aliphatic carbocycles. The average Bonchev–Trinajstić information content (AvgIpc) is 2.49. The lowest BCUT2D eigenvalue weighted by Crippen LogP contribution is -2.47. The zero-order chi connectivity index (χ0) is 14.4. The van der Waals surface area contributed by atoms with Gasteiger partial charge in [0.15, 0.2) is 0 Å². The van der Waals surface area contributed by atoms with Gasteiger partial charge in [-0.1, -0.05) is 30.7 Å². The van der Waals surface area contributed by atoms with E-state index in [2.05, 4.69) is 40.2 Å². The SMILES string of the molecule is CCc1cccc(N2CCN(CCCNC)CC2)c1Cl. The van der Waals surface area contributed by atoms with Crippen LogP contribution in [0.3, 0.4) is 0 Å². The smallest absolute Gasteiger partial charge is 0.0671 e. The highest BCUT2D eigenvalue weighted by molar-refractivity contribution is 6.34. The van der Waals surface area contributed by atoms with E-state index in [4.69, 9.17) is 11.6 Å². The van der Waals surface area contributed by atoms with Gasteiger partial charge >= 0.3 is 0 Å². The van der Waals surface area contributed by atoms with Crippen molar-refractivity contribution in [2.45, 2.75) is 19.8 Å². The minimum absolute atomic E-state index is 0.943. The van der Waals surface area contributed by atoms with Crippen molar-refractivity contribution in [2.75, 3.05) is 51.2 Å². The first-order chi connectivity index (χ1) is 9.76. The van der Waals surface area contributed by atoms with E-state index in [1.165, 1.54) is 24.2 Å². The molecule has 2 rings (SSSR count). The molecule has 0 bridgehead atoms. The van der Waals surface area contributed by atoms with Crippen molar-refractivity contribution in [1.29, 1.82) is 0 Å². The predicted molar refractivity (Wildman–Crippen MR) is 88.0 cm³/mol. The summed E-state index contributed by atoms with van der Waals surface area (Å²) in [6.07, 6.45) is 2.22. The quantitative estimate of drug-likeness (QED) is 0.814. The van der Waals surface area contributed by atoms with E-state index >= 15 is 0 Å². The Labute approximate surface area is 127 Å². The highest BCUT2D eigenvalue weighted by Gasteiger charge is 2.19. The maximum absolute atomic E-state index is 6.52. The van der Waals surface area contributed by atoms with Crippen LogP contribution in [0, 0.1) is 0 Å². The van der Waals surface area contributed by atoms with Gasteiger partial charge in [0.2, 0.25) is 0 Å². The number of aryl methyl sites for hydroxylation is 1. The number of nitrogens with one attached hydrogen (secondary N) is 1. The van der Waals surface area contributed by atoms with Crippen LogP contribution < -0.4 is 10.2 Å². The van der Waals surface area contributed by atoms with Crippen LogP contribution in [-0.4, -0.2) is 51.2 Å². The molecule has 0 radical (unpaired) electrons.